The van der Waals surface area contributed by atoms with E-state index >= 15 is 0 Å². The summed E-state index contributed by atoms with van der Waals surface area (Å²) in [6.07, 6.45) is 0.0400. The smallest absolute Gasteiger partial charge is 0.149 e. The Kier molecular flexibility index (Phi) is 3.91. The summed E-state index contributed by atoms with van der Waals surface area (Å²) in [5, 5.41) is 2.94. The molecule has 1 heterocycles. The van der Waals surface area contributed by atoms with Gasteiger partial charge in [-0.25, -0.2) is 8.78 Å². The maximum absolute atomic E-state index is 13.3. The van der Waals surface area contributed by atoms with Gasteiger partial charge in [-0.1, -0.05) is 0 Å². The summed E-state index contributed by atoms with van der Waals surface area (Å²) in [5.74, 6) is -1.14. The van der Waals surface area contributed by atoms with Crippen molar-refractivity contribution in [2.75, 3.05) is 38.6 Å². The van der Waals surface area contributed by atoms with Gasteiger partial charge in [-0.2, -0.15) is 0 Å². The first-order valence-electron chi connectivity index (χ1n) is 5.64. The van der Waals surface area contributed by atoms with Gasteiger partial charge in [0.25, 0.3) is 0 Å². The summed E-state index contributed by atoms with van der Waals surface area (Å²) in [5.41, 5.74) is 0.309. The van der Waals surface area contributed by atoms with Crippen molar-refractivity contribution in [1.29, 1.82) is 0 Å². The Balaban J connectivity index is 1.88. The van der Waals surface area contributed by atoms with Crippen LogP contribution in [0.3, 0.4) is 0 Å². The summed E-state index contributed by atoms with van der Waals surface area (Å²) in [6.45, 7) is 2.94. The van der Waals surface area contributed by atoms with E-state index in [9.17, 15) is 8.78 Å². The van der Waals surface area contributed by atoms with Gasteiger partial charge in [0.2, 0.25) is 0 Å². The number of rotatable bonds is 3. The number of nitrogens with zero attached hydrogens (tertiary/aromatic N) is 1. The van der Waals surface area contributed by atoms with Gasteiger partial charge >= 0.3 is 0 Å². The van der Waals surface area contributed by atoms with Crippen LogP contribution in [0.15, 0.2) is 18.2 Å². The number of hydrogen-bond donors (Lipinski definition) is 1. The quantitative estimate of drug-likeness (QED) is 0.873. The largest absolute Gasteiger partial charge is 0.380 e. The highest BCUT2D eigenvalue weighted by atomic mass is 19.1. The molecule has 0 bridgehead atoms. The van der Waals surface area contributed by atoms with Crippen molar-refractivity contribution in [2.45, 2.75) is 6.10 Å². The summed E-state index contributed by atoms with van der Waals surface area (Å²) in [4.78, 5) is 2.16. The fourth-order valence-electron chi connectivity index (χ4n) is 1.85. The van der Waals surface area contributed by atoms with Gasteiger partial charge in [-0.3, -0.25) is 0 Å². The molecule has 5 heteroatoms. The maximum Gasteiger partial charge on any atom is 0.149 e. The third kappa shape index (κ3) is 3.38. The molecule has 1 aromatic carbocycles. The number of morpholine rings is 1. The van der Waals surface area contributed by atoms with Crippen molar-refractivity contribution in [2.24, 2.45) is 0 Å². The topological polar surface area (TPSA) is 24.5 Å². The molecule has 1 aromatic rings. The zero-order chi connectivity index (χ0) is 12.3. The monoisotopic (exact) mass is 242 g/mol. The normalized spacial score (nSPS) is 21.5. The number of benzene rings is 1. The molecular weight excluding hydrogens is 226 g/mol. The zero-order valence-corrected chi connectivity index (χ0v) is 9.75. The number of anilines is 1. The molecule has 1 unspecified atom stereocenters. The van der Waals surface area contributed by atoms with Gasteiger partial charge in [0.05, 0.1) is 18.4 Å². The molecule has 0 amide bonds. The Labute approximate surface area is 99.4 Å². The van der Waals surface area contributed by atoms with Crippen molar-refractivity contribution in [1.82, 2.24) is 4.90 Å². The Morgan fingerprint density at radius 2 is 2.29 bits per heavy atom. The predicted octanol–water partition coefficient (Wildman–Crippen LogP) is 1.71. The highest BCUT2D eigenvalue weighted by Crippen LogP contribution is 2.15. The molecule has 17 heavy (non-hydrogen) atoms. The van der Waals surface area contributed by atoms with E-state index < -0.39 is 11.6 Å². The van der Waals surface area contributed by atoms with E-state index in [1.807, 2.05) is 7.05 Å². The average molecular weight is 242 g/mol. The van der Waals surface area contributed by atoms with E-state index in [4.69, 9.17) is 4.74 Å². The number of hydrogen-bond acceptors (Lipinski definition) is 3. The molecule has 0 saturated carbocycles. The van der Waals surface area contributed by atoms with E-state index in [0.29, 0.717) is 18.8 Å². The van der Waals surface area contributed by atoms with E-state index in [1.54, 1.807) is 0 Å². The SMILES string of the molecule is CN1CCOC(CNc2ccc(F)cc2F)C1. The van der Waals surface area contributed by atoms with Gasteiger partial charge in [0, 0.05) is 25.7 Å². The van der Waals surface area contributed by atoms with Crippen LogP contribution >= 0.6 is 0 Å². The molecule has 1 aliphatic heterocycles. The third-order valence-corrected chi connectivity index (χ3v) is 2.79. The minimum Gasteiger partial charge on any atom is -0.380 e. The third-order valence-electron chi connectivity index (χ3n) is 2.79. The minimum absolute atomic E-state index is 0.0400. The Morgan fingerprint density at radius 1 is 1.47 bits per heavy atom. The fourth-order valence-corrected chi connectivity index (χ4v) is 1.85. The second-order valence-corrected chi connectivity index (χ2v) is 4.26. The predicted molar refractivity (Wildman–Crippen MR) is 62.1 cm³/mol. The first kappa shape index (κ1) is 12.3. The molecule has 0 spiro atoms. The average Bonchev–Trinajstić information content (AvgIpc) is 2.28. The zero-order valence-electron chi connectivity index (χ0n) is 9.75. The van der Waals surface area contributed by atoms with E-state index in [-0.39, 0.29) is 6.10 Å². The highest BCUT2D eigenvalue weighted by Gasteiger charge is 2.17. The van der Waals surface area contributed by atoms with Gasteiger partial charge < -0.3 is 15.0 Å². The standard InChI is InChI=1S/C12H16F2N2O/c1-16-4-5-17-10(8-16)7-15-12-3-2-9(13)6-11(12)14/h2-3,6,10,15H,4-5,7-8H2,1H3. The maximum atomic E-state index is 13.3. The number of halogens is 2. The minimum atomic E-state index is -0.575. The van der Waals surface area contributed by atoms with E-state index in [1.165, 1.54) is 12.1 Å². The molecule has 94 valence electrons. The molecule has 1 N–H and O–H groups in total. The molecule has 0 radical (unpaired) electrons. The summed E-state index contributed by atoms with van der Waals surface area (Å²) < 4.78 is 31.6. The van der Waals surface area contributed by atoms with E-state index in [0.717, 1.165) is 19.2 Å². The number of ether oxygens (including phenoxy) is 1. The molecule has 1 saturated heterocycles. The summed E-state index contributed by atoms with van der Waals surface area (Å²) in [7, 11) is 2.02. The van der Waals surface area contributed by atoms with Crippen molar-refractivity contribution < 1.29 is 13.5 Å². The van der Waals surface area contributed by atoms with E-state index in [2.05, 4.69) is 10.2 Å². The first-order chi connectivity index (χ1) is 8.15. The fraction of sp³-hybridized carbons (Fsp3) is 0.500. The second-order valence-electron chi connectivity index (χ2n) is 4.26. The molecule has 0 aliphatic carbocycles. The number of likely N-dealkylation sites (N-methyl/N-ethyl adjacent to an activating group) is 1. The molecular formula is C12H16F2N2O. The first-order valence-corrected chi connectivity index (χ1v) is 5.64. The van der Waals surface area contributed by atoms with Crippen LogP contribution in [0.4, 0.5) is 14.5 Å². The van der Waals surface area contributed by atoms with Crippen LogP contribution in [-0.4, -0.2) is 44.3 Å². The van der Waals surface area contributed by atoms with Crippen LogP contribution < -0.4 is 5.32 Å². The van der Waals surface area contributed by atoms with Crippen LogP contribution in [0, 0.1) is 11.6 Å². The van der Waals surface area contributed by atoms with Crippen LogP contribution in [0.5, 0.6) is 0 Å². The lowest BCUT2D eigenvalue weighted by Gasteiger charge is -2.30. The molecule has 1 aliphatic rings. The highest BCUT2D eigenvalue weighted by molar-refractivity contribution is 5.44. The van der Waals surface area contributed by atoms with Gasteiger partial charge in [-0.05, 0) is 19.2 Å². The van der Waals surface area contributed by atoms with Crippen molar-refractivity contribution in [3.05, 3.63) is 29.8 Å². The molecule has 2 rings (SSSR count). The van der Waals surface area contributed by atoms with Crippen molar-refractivity contribution in [3.63, 3.8) is 0 Å². The lowest BCUT2D eigenvalue weighted by atomic mass is 10.2. The lowest BCUT2D eigenvalue weighted by molar-refractivity contribution is -0.0117. The molecule has 3 nitrogen and oxygen atoms in total. The van der Waals surface area contributed by atoms with Crippen LogP contribution in [-0.2, 0) is 4.74 Å². The lowest BCUT2D eigenvalue weighted by Crippen LogP contribution is -2.43. The van der Waals surface area contributed by atoms with Gasteiger partial charge in [0.15, 0.2) is 0 Å². The Bertz CT molecular complexity index is 387. The summed E-state index contributed by atoms with van der Waals surface area (Å²) in [6, 6.07) is 3.51. The van der Waals surface area contributed by atoms with Crippen LogP contribution in [0.1, 0.15) is 0 Å². The van der Waals surface area contributed by atoms with Crippen molar-refractivity contribution in [3.8, 4) is 0 Å². The van der Waals surface area contributed by atoms with Gasteiger partial charge in [-0.15, -0.1) is 0 Å². The van der Waals surface area contributed by atoms with Crippen LogP contribution in [0.2, 0.25) is 0 Å². The second kappa shape index (κ2) is 5.42. The number of nitrogens with one attached hydrogen (secondary N) is 1. The Hall–Kier alpha value is -1.20. The Morgan fingerprint density at radius 3 is 3.00 bits per heavy atom. The van der Waals surface area contributed by atoms with Crippen LogP contribution in [0.25, 0.3) is 0 Å². The molecule has 0 aromatic heterocycles. The van der Waals surface area contributed by atoms with Gasteiger partial charge in [0.1, 0.15) is 11.6 Å². The molecule has 1 atom stereocenters. The van der Waals surface area contributed by atoms with Crippen molar-refractivity contribution >= 4 is 5.69 Å². The summed E-state index contributed by atoms with van der Waals surface area (Å²) >= 11 is 0. The molecule has 1 fully saturated rings.